The minimum Gasteiger partial charge on any atom is -0.395 e. The van der Waals surface area contributed by atoms with Gasteiger partial charge in [-0.25, -0.2) is 0 Å². The third-order valence-electron chi connectivity index (χ3n) is 2.40. The van der Waals surface area contributed by atoms with Gasteiger partial charge in [0.15, 0.2) is 5.71 Å². The molecule has 0 radical (unpaired) electrons. The van der Waals surface area contributed by atoms with Gasteiger partial charge in [0.05, 0.1) is 6.61 Å². The molecule has 0 unspecified atom stereocenters. The fourth-order valence-electron chi connectivity index (χ4n) is 1.41. The number of benzene rings is 1. The summed E-state index contributed by atoms with van der Waals surface area (Å²) >= 11 is 5.82. The Labute approximate surface area is 121 Å². The molecule has 0 saturated carbocycles. The molecule has 1 aromatic heterocycles. The molecular formula is C13H14ClN3O3. The number of rotatable bonds is 6. The molecule has 1 heterocycles. The Bertz CT molecular complexity index is 581. The molecule has 2 rings (SSSR count). The molecule has 0 spiro atoms. The van der Waals surface area contributed by atoms with Crippen LogP contribution < -0.4 is 0 Å². The molecular weight excluding hydrogens is 282 g/mol. The van der Waals surface area contributed by atoms with Crippen LogP contribution >= 0.6 is 11.6 Å². The molecule has 0 aliphatic heterocycles. The first-order valence-corrected chi connectivity index (χ1v) is 6.52. The quantitative estimate of drug-likeness (QED) is 0.503. The van der Waals surface area contributed by atoms with Crippen LogP contribution in [-0.4, -0.2) is 34.2 Å². The maximum absolute atomic E-state index is 9.24. The lowest BCUT2D eigenvalue weighted by Crippen LogP contribution is -2.08. The number of aromatic nitrogens is 2. The highest BCUT2D eigenvalue weighted by Gasteiger charge is 2.14. The van der Waals surface area contributed by atoms with Crippen molar-refractivity contribution in [3.05, 3.63) is 35.2 Å². The molecule has 0 aliphatic rings. The zero-order valence-corrected chi connectivity index (χ0v) is 11.7. The zero-order chi connectivity index (χ0) is 14.4. The highest BCUT2D eigenvalue weighted by atomic mass is 35.5. The van der Waals surface area contributed by atoms with E-state index in [1.165, 1.54) is 0 Å². The molecule has 20 heavy (non-hydrogen) atoms. The Kier molecular flexibility index (Phi) is 5.09. The summed E-state index contributed by atoms with van der Waals surface area (Å²) in [5, 5.41) is 17.5. The average molecular weight is 296 g/mol. The largest absolute Gasteiger partial charge is 0.395 e. The summed E-state index contributed by atoms with van der Waals surface area (Å²) < 4.78 is 5.07. The number of halogens is 1. The summed E-state index contributed by atoms with van der Waals surface area (Å²) in [5.41, 5.74) is 0.960. The van der Waals surface area contributed by atoms with Crippen LogP contribution in [0.15, 0.2) is 33.9 Å². The van der Waals surface area contributed by atoms with Gasteiger partial charge in [-0.05, 0) is 30.7 Å². The van der Waals surface area contributed by atoms with E-state index in [4.69, 9.17) is 21.0 Å². The molecule has 106 valence electrons. The molecule has 0 bridgehead atoms. The third kappa shape index (κ3) is 3.55. The van der Waals surface area contributed by atoms with Crippen LogP contribution in [0.25, 0.3) is 11.4 Å². The molecule has 0 atom stereocenters. The summed E-state index contributed by atoms with van der Waals surface area (Å²) in [7, 11) is 0. The number of aliphatic hydroxyl groups is 1. The van der Waals surface area contributed by atoms with Gasteiger partial charge in [0.2, 0.25) is 5.82 Å². The Morgan fingerprint density at radius 1 is 1.40 bits per heavy atom. The normalized spacial score (nSPS) is 11.7. The Balaban J connectivity index is 2.18. The fourth-order valence-corrected chi connectivity index (χ4v) is 1.53. The molecule has 6 nitrogen and oxygen atoms in total. The van der Waals surface area contributed by atoms with E-state index in [-0.39, 0.29) is 18.2 Å². The summed E-state index contributed by atoms with van der Waals surface area (Å²) in [6, 6.07) is 7.03. The van der Waals surface area contributed by atoms with Gasteiger partial charge in [-0.1, -0.05) is 28.8 Å². The number of oxime groups is 1. The zero-order valence-electron chi connectivity index (χ0n) is 10.9. The highest BCUT2D eigenvalue weighted by molar-refractivity contribution is 6.30. The topological polar surface area (TPSA) is 80.7 Å². The Morgan fingerprint density at radius 3 is 2.80 bits per heavy atom. The number of aliphatic hydroxyl groups excluding tert-OH is 1. The molecule has 1 aromatic carbocycles. The van der Waals surface area contributed by atoms with Crippen LogP contribution in [0.3, 0.4) is 0 Å². The van der Waals surface area contributed by atoms with E-state index in [2.05, 4.69) is 15.3 Å². The van der Waals surface area contributed by atoms with Crippen molar-refractivity contribution in [3.63, 3.8) is 0 Å². The maximum atomic E-state index is 9.24. The van der Waals surface area contributed by atoms with E-state index >= 15 is 0 Å². The molecule has 0 saturated heterocycles. The second-order valence-electron chi connectivity index (χ2n) is 3.96. The first kappa shape index (κ1) is 14.5. The van der Waals surface area contributed by atoms with Gasteiger partial charge < -0.3 is 14.5 Å². The van der Waals surface area contributed by atoms with Crippen LogP contribution in [0.5, 0.6) is 0 Å². The highest BCUT2D eigenvalue weighted by Crippen LogP contribution is 2.18. The van der Waals surface area contributed by atoms with Crippen LogP contribution in [0.1, 0.15) is 19.2 Å². The number of hydrogen-bond acceptors (Lipinski definition) is 6. The fraction of sp³-hybridized carbons (Fsp3) is 0.308. The molecule has 2 aromatic rings. The predicted octanol–water partition coefficient (Wildman–Crippen LogP) is 2.51. The van der Waals surface area contributed by atoms with Gasteiger partial charge >= 0.3 is 0 Å². The van der Waals surface area contributed by atoms with Crippen molar-refractivity contribution in [2.24, 2.45) is 5.16 Å². The molecule has 7 heteroatoms. The predicted molar refractivity (Wildman–Crippen MR) is 74.6 cm³/mol. The van der Waals surface area contributed by atoms with Gasteiger partial charge in [-0.2, -0.15) is 4.98 Å². The van der Waals surface area contributed by atoms with Crippen molar-refractivity contribution in [2.75, 3.05) is 13.2 Å². The summed E-state index contributed by atoms with van der Waals surface area (Å²) in [5.74, 6) is 0.530. The maximum Gasteiger partial charge on any atom is 0.278 e. The first-order chi connectivity index (χ1) is 9.74. The minimum atomic E-state index is -0.341. The SMILES string of the molecule is CCCON=C(CO)c1nc(-c2ccc(Cl)cc2)no1. The smallest absolute Gasteiger partial charge is 0.278 e. The van der Waals surface area contributed by atoms with Gasteiger partial charge in [0.25, 0.3) is 5.89 Å². The lowest BCUT2D eigenvalue weighted by atomic mass is 10.2. The van der Waals surface area contributed by atoms with E-state index in [0.29, 0.717) is 17.5 Å². The second kappa shape index (κ2) is 7.02. The number of nitrogens with zero attached hydrogens (tertiary/aromatic N) is 3. The Hall–Kier alpha value is -1.92. The van der Waals surface area contributed by atoms with Crippen molar-refractivity contribution >= 4 is 17.3 Å². The standard InChI is InChI=1S/C13H14ClN3O3/c1-2-7-19-16-11(8-18)13-15-12(17-20-13)9-3-5-10(14)6-4-9/h3-6,18H,2,7-8H2,1H3. The molecule has 1 N–H and O–H groups in total. The van der Waals surface area contributed by atoms with E-state index in [0.717, 1.165) is 12.0 Å². The lowest BCUT2D eigenvalue weighted by molar-refractivity contribution is 0.142. The van der Waals surface area contributed by atoms with Crippen molar-refractivity contribution in [1.82, 2.24) is 10.1 Å². The van der Waals surface area contributed by atoms with Gasteiger partial charge in [0, 0.05) is 10.6 Å². The first-order valence-electron chi connectivity index (χ1n) is 6.14. The Morgan fingerprint density at radius 2 is 2.15 bits per heavy atom. The van der Waals surface area contributed by atoms with Crippen LogP contribution in [-0.2, 0) is 4.84 Å². The monoisotopic (exact) mass is 295 g/mol. The summed E-state index contributed by atoms with van der Waals surface area (Å²) in [6.45, 7) is 2.08. The van der Waals surface area contributed by atoms with Crippen molar-refractivity contribution in [3.8, 4) is 11.4 Å². The summed E-state index contributed by atoms with van der Waals surface area (Å²) in [6.07, 6.45) is 0.821. The minimum absolute atomic E-state index is 0.133. The van der Waals surface area contributed by atoms with Gasteiger partial charge in [-0.15, -0.1) is 0 Å². The van der Waals surface area contributed by atoms with Crippen molar-refractivity contribution in [1.29, 1.82) is 0 Å². The average Bonchev–Trinajstić information content (AvgIpc) is 2.94. The van der Waals surface area contributed by atoms with Crippen molar-refractivity contribution in [2.45, 2.75) is 13.3 Å². The van der Waals surface area contributed by atoms with Crippen LogP contribution in [0.4, 0.5) is 0 Å². The van der Waals surface area contributed by atoms with Crippen LogP contribution in [0, 0.1) is 0 Å². The molecule has 0 amide bonds. The van der Waals surface area contributed by atoms with E-state index in [9.17, 15) is 5.11 Å². The molecule has 0 fully saturated rings. The van der Waals surface area contributed by atoms with Crippen LogP contribution in [0.2, 0.25) is 5.02 Å². The number of hydrogen-bond donors (Lipinski definition) is 1. The third-order valence-corrected chi connectivity index (χ3v) is 2.65. The van der Waals surface area contributed by atoms with Gasteiger partial charge in [0.1, 0.15) is 6.61 Å². The van der Waals surface area contributed by atoms with E-state index in [1.807, 2.05) is 6.92 Å². The van der Waals surface area contributed by atoms with Gasteiger partial charge in [-0.3, -0.25) is 0 Å². The second-order valence-corrected chi connectivity index (χ2v) is 4.40. The van der Waals surface area contributed by atoms with E-state index < -0.39 is 0 Å². The summed E-state index contributed by atoms with van der Waals surface area (Å²) in [4.78, 5) is 9.17. The van der Waals surface area contributed by atoms with Crippen molar-refractivity contribution < 1.29 is 14.5 Å². The lowest BCUT2D eigenvalue weighted by Gasteiger charge is -1.98. The molecule has 0 aliphatic carbocycles. The van der Waals surface area contributed by atoms with E-state index in [1.54, 1.807) is 24.3 Å².